The molecule has 0 heterocycles. The lowest BCUT2D eigenvalue weighted by Crippen LogP contribution is -1.87. The normalized spacial score (nSPS) is 11.6. The number of allylic oxidation sites excluding steroid dienone is 1. The molecule has 0 aliphatic heterocycles. The van der Waals surface area contributed by atoms with E-state index >= 15 is 0 Å². The molecule has 0 bridgehead atoms. The van der Waals surface area contributed by atoms with Gasteiger partial charge in [-0.05, 0) is 18.8 Å². The largest absolute Gasteiger partial charge is 0.516 e. The van der Waals surface area contributed by atoms with Gasteiger partial charge < -0.3 is 5.11 Å². The molecule has 84 valence electrons. The predicted molar refractivity (Wildman–Crippen MR) is 63.5 cm³/mol. The Morgan fingerprint density at radius 3 is 2.07 bits per heavy atom. The van der Waals surface area contributed by atoms with Crippen molar-refractivity contribution in [1.82, 2.24) is 0 Å². The van der Waals surface area contributed by atoms with Crippen molar-refractivity contribution in [3.63, 3.8) is 0 Å². The summed E-state index contributed by atoms with van der Waals surface area (Å²) in [6.07, 6.45) is 13.5. The molecule has 0 aliphatic rings. The number of aliphatic hydroxyl groups excluding tert-OH is 1. The average molecular weight is 198 g/mol. The van der Waals surface area contributed by atoms with Gasteiger partial charge in [0.2, 0.25) is 0 Å². The van der Waals surface area contributed by atoms with Crippen LogP contribution in [0.5, 0.6) is 0 Å². The van der Waals surface area contributed by atoms with E-state index in [2.05, 4.69) is 13.8 Å². The van der Waals surface area contributed by atoms with Gasteiger partial charge in [0.15, 0.2) is 0 Å². The monoisotopic (exact) mass is 198 g/mol. The molecule has 0 atom stereocenters. The Hall–Kier alpha value is -0.460. The predicted octanol–water partition coefficient (Wildman–Crippen LogP) is 4.83. The van der Waals surface area contributed by atoms with Crippen molar-refractivity contribution < 1.29 is 5.11 Å². The topological polar surface area (TPSA) is 20.2 Å². The van der Waals surface area contributed by atoms with Crippen LogP contribution in [0.3, 0.4) is 0 Å². The molecule has 0 saturated carbocycles. The van der Waals surface area contributed by atoms with Crippen LogP contribution in [0.1, 0.15) is 65.2 Å². The second kappa shape index (κ2) is 10.6. The average Bonchev–Trinajstić information content (AvgIpc) is 2.15. The Kier molecular flexibility index (Phi) is 10.3. The maximum Gasteiger partial charge on any atom is 0.0751 e. The summed E-state index contributed by atoms with van der Waals surface area (Å²) in [5.41, 5.74) is 0. The number of hydrogen-bond donors (Lipinski definition) is 1. The Labute approximate surface area is 89.2 Å². The van der Waals surface area contributed by atoms with Gasteiger partial charge in [0.1, 0.15) is 0 Å². The summed E-state index contributed by atoms with van der Waals surface area (Å²) in [5, 5.41) is 8.41. The fourth-order valence-electron chi connectivity index (χ4n) is 1.60. The van der Waals surface area contributed by atoms with E-state index in [1.807, 2.05) is 6.08 Å². The first kappa shape index (κ1) is 13.5. The van der Waals surface area contributed by atoms with Crippen LogP contribution in [0.2, 0.25) is 0 Å². The van der Waals surface area contributed by atoms with Crippen molar-refractivity contribution in [3.05, 3.63) is 12.3 Å². The molecule has 0 aromatic heterocycles. The zero-order valence-electron chi connectivity index (χ0n) is 9.84. The van der Waals surface area contributed by atoms with E-state index in [1.54, 1.807) is 0 Å². The molecule has 0 radical (unpaired) electrons. The maximum atomic E-state index is 8.41. The van der Waals surface area contributed by atoms with Crippen LogP contribution in [0.25, 0.3) is 0 Å². The quantitative estimate of drug-likeness (QED) is 0.415. The summed E-state index contributed by atoms with van der Waals surface area (Å²) in [4.78, 5) is 0. The fourth-order valence-corrected chi connectivity index (χ4v) is 1.60. The summed E-state index contributed by atoms with van der Waals surface area (Å²) in [5.74, 6) is 0.865. The molecule has 0 saturated heterocycles. The minimum atomic E-state index is 0.865. The van der Waals surface area contributed by atoms with Crippen molar-refractivity contribution in [1.29, 1.82) is 0 Å². The van der Waals surface area contributed by atoms with Crippen molar-refractivity contribution >= 4 is 0 Å². The third-order valence-corrected chi connectivity index (χ3v) is 2.51. The summed E-state index contributed by atoms with van der Waals surface area (Å²) in [6.45, 7) is 4.59. The summed E-state index contributed by atoms with van der Waals surface area (Å²) >= 11 is 0. The molecular weight excluding hydrogens is 172 g/mol. The SMILES string of the molecule is CC(C)CCCCCCCCC=CO. The molecule has 0 spiro atoms. The minimum Gasteiger partial charge on any atom is -0.516 e. The van der Waals surface area contributed by atoms with Crippen molar-refractivity contribution in [2.75, 3.05) is 0 Å². The van der Waals surface area contributed by atoms with Crippen LogP contribution in [0.4, 0.5) is 0 Å². The third kappa shape index (κ3) is 11.5. The van der Waals surface area contributed by atoms with Gasteiger partial charge in [-0.3, -0.25) is 0 Å². The Morgan fingerprint density at radius 1 is 0.929 bits per heavy atom. The van der Waals surface area contributed by atoms with E-state index < -0.39 is 0 Å². The Bertz CT molecular complexity index is 127. The van der Waals surface area contributed by atoms with Crippen LogP contribution in [-0.2, 0) is 0 Å². The van der Waals surface area contributed by atoms with Gasteiger partial charge in [0, 0.05) is 0 Å². The van der Waals surface area contributed by atoms with E-state index in [4.69, 9.17) is 5.11 Å². The highest BCUT2D eigenvalue weighted by molar-refractivity contribution is 4.70. The zero-order chi connectivity index (χ0) is 10.6. The zero-order valence-corrected chi connectivity index (χ0v) is 9.84. The van der Waals surface area contributed by atoms with Crippen LogP contribution in [-0.4, -0.2) is 5.11 Å². The Balaban J connectivity index is 2.92. The highest BCUT2D eigenvalue weighted by Crippen LogP contribution is 2.11. The summed E-state index contributed by atoms with van der Waals surface area (Å²) < 4.78 is 0. The van der Waals surface area contributed by atoms with Gasteiger partial charge in [0.05, 0.1) is 6.26 Å². The smallest absolute Gasteiger partial charge is 0.0751 e. The van der Waals surface area contributed by atoms with Crippen molar-refractivity contribution in [3.8, 4) is 0 Å². The molecule has 0 aromatic rings. The highest BCUT2D eigenvalue weighted by Gasteiger charge is 1.94. The van der Waals surface area contributed by atoms with Gasteiger partial charge in [-0.1, -0.05) is 58.4 Å². The number of aliphatic hydroxyl groups is 1. The van der Waals surface area contributed by atoms with Gasteiger partial charge in [0.25, 0.3) is 0 Å². The number of unbranched alkanes of at least 4 members (excludes halogenated alkanes) is 6. The third-order valence-electron chi connectivity index (χ3n) is 2.51. The maximum absolute atomic E-state index is 8.41. The molecule has 0 unspecified atom stereocenters. The summed E-state index contributed by atoms with van der Waals surface area (Å²) in [7, 11) is 0. The first-order valence-electron chi connectivity index (χ1n) is 6.06. The van der Waals surface area contributed by atoms with Crippen LogP contribution in [0, 0.1) is 5.92 Å². The van der Waals surface area contributed by atoms with Crippen LogP contribution < -0.4 is 0 Å². The fraction of sp³-hybridized carbons (Fsp3) is 0.846. The van der Waals surface area contributed by atoms with E-state index in [0.29, 0.717) is 0 Å². The molecule has 14 heavy (non-hydrogen) atoms. The van der Waals surface area contributed by atoms with Gasteiger partial charge in [-0.25, -0.2) is 0 Å². The van der Waals surface area contributed by atoms with E-state index in [-0.39, 0.29) is 0 Å². The minimum absolute atomic E-state index is 0.865. The molecule has 0 aromatic carbocycles. The molecule has 0 aliphatic carbocycles. The number of rotatable bonds is 9. The van der Waals surface area contributed by atoms with E-state index in [1.165, 1.54) is 44.9 Å². The van der Waals surface area contributed by atoms with Gasteiger partial charge in [-0.2, -0.15) is 0 Å². The molecule has 0 fully saturated rings. The molecular formula is C13H26O. The Morgan fingerprint density at radius 2 is 1.50 bits per heavy atom. The second-order valence-corrected chi connectivity index (χ2v) is 4.48. The summed E-state index contributed by atoms with van der Waals surface area (Å²) in [6, 6.07) is 0. The van der Waals surface area contributed by atoms with Gasteiger partial charge >= 0.3 is 0 Å². The first-order valence-corrected chi connectivity index (χ1v) is 6.06. The molecule has 0 rings (SSSR count). The molecule has 0 amide bonds. The van der Waals surface area contributed by atoms with E-state index in [0.717, 1.165) is 18.6 Å². The lowest BCUT2D eigenvalue weighted by Gasteiger charge is -2.03. The van der Waals surface area contributed by atoms with Gasteiger partial charge in [-0.15, -0.1) is 0 Å². The van der Waals surface area contributed by atoms with E-state index in [9.17, 15) is 0 Å². The lowest BCUT2D eigenvalue weighted by molar-refractivity contribution is 0.469. The standard InChI is InChI=1S/C13H26O/c1-13(2)11-9-7-5-3-4-6-8-10-12-14/h10,12-14H,3-9,11H2,1-2H3. The number of hydrogen-bond acceptors (Lipinski definition) is 1. The molecule has 1 N–H and O–H groups in total. The van der Waals surface area contributed by atoms with Crippen molar-refractivity contribution in [2.45, 2.75) is 65.2 Å². The molecule has 1 nitrogen and oxygen atoms in total. The highest BCUT2D eigenvalue weighted by atomic mass is 16.2. The van der Waals surface area contributed by atoms with Crippen LogP contribution >= 0.6 is 0 Å². The lowest BCUT2D eigenvalue weighted by atomic mass is 10.0. The first-order chi connectivity index (χ1) is 6.77. The van der Waals surface area contributed by atoms with Crippen molar-refractivity contribution in [2.24, 2.45) is 5.92 Å². The van der Waals surface area contributed by atoms with Crippen LogP contribution in [0.15, 0.2) is 12.3 Å². The molecule has 1 heteroatoms. The second-order valence-electron chi connectivity index (χ2n) is 4.48.